The highest BCUT2D eigenvalue weighted by molar-refractivity contribution is 14.0. The number of para-hydroxylation sites is 1. The molecule has 2 rings (SSSR count). The maximum absolute atomic E-state index is 11.8. The second kappa shape index (κ2) is 12.9. The lowest BCUT2D eigenvalue weighted by Gasteiger charge is -2.15. The van der Waals surface area contributed by atoms with Crippen LogP contribution in [-0.4, -0.2) is 69.2 Å². The van der Waals surface area contributed by atoms with Gasteiger partial charge in [0.1, 0.15) is 0 Å². The third-order valence-corrected chi connectivity index (χ3v) is 4.38. The number of ether oxygens (including phenoxy) is 2. The molecule has 2 N–H and O–H groups in total. The van der Waals surface area contributed by atoms with Crippen LogP contribution in [0, 0.1) is 0 Å². The molecule has 152 valence electrons. The summed E-state index contributed by atoms with van der Waals surface area (Å²) >= 11 is 1.75. The van der Waals surface area contributed by atoms with Crippen molar-refractivity contribution in [3.63, 3.8) is 0 Å². The molecule has 1 heterocycles. The Morgan fingerprint density at radius 3 is 2.78 bits per heavy atom. The molecule has 0 radical (unpaired) electrons. The molecule has 1 aromatic carbocycles. The number of rotatable bonds is 7. The lowest BCUT2D eigenvalue weighted by Crippen LogP contribution is -2.43. The normalized spacial score (nSPS) is 13.2. The second-order valence-electron chi connectivity index (χ2n) is 6.02. The highest BCUT2D eigenvalue weighted by Crippen LogP contribution is 2.33. The van der Waals surface area contributed by atoms with Crippen molar-refractivity contribution in [2.45, 2.75) is 13.0 Å². The number of benzene rings is 1. The number of guanidine groups is 1. The summed E-state index contributed by atoms with van der Waals surface area (Å²) in [5.41, 5.74) is 0.967. The van der Waals surface area contributed by atoms with Gasteiger partial charge < -0.3 is 25.0 Å². The molecule has 0 atom stereocenters. The van der Waals surface area contributed by atoms with Crippen molar-refractivity contribution in [1.29, 1.82) is 0 Å². The van der Waals surface area contributed by atoms with Crippen LogP contribution in [0.1, 0.15) is 12.0 Å². The minimum atomic E-state index is -0.00493. The standard InChI is InChI=1S/C18H28N4O3S.HI/c1-22(2)16(23)13-21-18(19-8-11-26-3)20-12-14-6-4-7-15-17(14)25-10-5-9-24-15;/h4,6-7H,5,8-13H2,1-3H3,(H2,19,20,21);1H. The Balaban J connectivity index is 0.00000364. The molecular weight excluding hydrogens is 479 g/mol. The Bertz CT molecular complexity index is 629. The number of amides is 1. The molecule has 0 aromatic heterocycles. The third-order valence-electron chi connectivity index (χ3n) is 3.77. The fraction of sp³-hybridized carbons (Fsp3) is 0.556. The van der Waals surface area contributed by atoms with Crippen LogP contribution in [-0.2, 0) is 11.3 Å². The van der Waals surface area contributed by atoms with Crippen molar-refractivity contribution in [3.8, 4) is 11.5 Å². The summed E-state index contributed by atoms with van der Waals surface area (Å²) in [6, 6.07) is 5.85. The van der Waals surface area contributed by atoms with E-state index in [0.717, 1.165) is 35.8 Å². The number of carbonyl (C=O) groups excluding carboxylic acids is 1. The lowest BCUT2D eigenvalue weighted by molar-refractivity contribution is -0.127. The predicted octanol–water partition coefficient (Wildman–Crippen LogP) is 1.95. The van der Waals surface area contributed by atoms with Gasteiger partial charge in [-0.3, -0.25) is 4.79 Å². The molecule has 1 aliphatic rings. The first-order valence-corrected chi connectivity index (χ1v) is 10.1. The smallest absolute Gasteiger partial charge is 0.241 e. The van der Waals surface area contributed by atoms with Crippen molar-refractivity contribution < 1.29 is 14.3 Å². The van der Waals surface area contributed by atoms with E-state index in [9.17, 15) is 4.79 Å². The van der Waals surface area contributed by atoms with Crippen LogP contribution in [0.5, 0.6) is 11.5 Å². The van der Waals surface area contributed by atoms with E-state index in [-0.39, 0.29) is 36.4 Å². The quantitative estimate of drug-likeness (QED) is 0.254. The monoisotopic (exact) mass is 508 g/mol. The summed E-state index contributed by atoms with van der Waals surface area (Å²) < 4.78 is 11.6. The van der Waals surface area contributed by atoms with Crippen LogP contribution >= 0.6 is 35.7 Å². The molecule has 1 amide bonds. The Morgan fingerprint density at radius 2 is 2.04 bits per heavy atom. The summed E-state index contributed by atoms with van der Waals surface area (Å²) in [4.78, 5) is 18.0. The average molecular weight is 508 g/mol. The number of likely N-dealkylation sites (N-methyl/N-ethyl adjacent to an activating group) is 1. The van der Waals surface area contributed by atoms with Crippen LogP contribution < -0.4 is 20.1 Å². The van der Waals surface area contributed by atoms with Gasteiger partial charge in [0, 0.05) is 38.4 Å². The van der Waals surface area contributed by atoms with Gasteiger partial charge in [0.2, 0.25) is 5.91 Å². The molecule has 7 nitrogen and oxygen atoms in total. The van der Waals surface area contributed by atoms with E-state index in [1.54, 1.807) is 30.8 Å². The summed E-state index contributed by atoms with van der Waals surface area (Å²) in [7, 11) is 3.47. The number of carbonyl (C=O) groups is 1. The van der Waals surface area contributed by atoms with Gasteiger partial charge in [0.05, 0.1) is 26.3 Å². The Morgan fingerprint density at radius 1 is 1.26 bits per heavy atom. The molecule has 0 bridgehead atoms. The number of fused-ring (bicyclic) bond motifs is 1. The molecule has 0 aliphatic carbocycles. The average Bonchev–Trinajstić information content (AvgIpc) is 2.89. The number of nitrogens with one attached hydrogen (secondary N) is 2. The summed E-state index contributed by atoms with van der Waals surface area (Å²) in [5.74, 6) is 3.10. The first-order chi connectivity index (χ1) is 12.6. The molecule has 0 saturated carbocycles. The van der Waals surface area contributed by atoms with E-state index in [4.69, 9.17) is 9.47 Å². The van der Waals surface area contributed by atoms with Gasteiger partial charge in [-0.05, 0) is 12.3 Å². The minimum absolute atomic E-state index is 0. The third kappa shape index (κ3) is 8.04. The van der Waals surface area contributed by atoms with Crippen LogP contribution in [0.3, 0.4) is 0 Å². The van der Waals surface area contributed by atoms with Gasteiger partial charge in [-0.1, -0.05) is 12.1 Å². The molecule has 0 fully saturated rings. The summed E-state index contributed by atoms with van der Waals surface area (Å²) in [5, 5.41) is 6.34. The predicted molar refractivity (Wildman–Crippen MR) is 122 cm³/mol. The van der Waals surface area contributed by atoms with Crippen LogP contribution in [0.4, 0.5) is 0 Å². The molecule has 9 heteroatoms. The zero-order valence-corrected chi connectivity index (χ0v) is 19.3. The number of hydrogen-bond donors (Lipinski definition) is 2. The van der Waals surface area contributed by atoms with Crippen LogP contribution in [0.25, 0.3) is 0 Å². The molecule has 1 aliphatic heterocycles. The fourth-order valence-electron chi connectivity index (χ4n) is 2.31. The number of halogens is 1. The van der Waals surface area contributed by atoms with E-state index in [0.29, 0.717) is 25.7 Å². The zero-order valence-electron chi connectivity index (χ0n) is 16.1. The van der Waals surface area contributed by atoms with Crippen LogP contribution in [0.15, 0.2) is 23.2 Å². The van der Waals surface area contributed by atoms with E-state index in [1.807, 2.05) is 18.2 Å². The topological polar surface area (TPSA) is 75.2 Å². The second-order valence-corrected chi connectivity index (χ2v) is 7.01. The van der Waals surface area contributed by atoms with Gasteiger partial charge in [0.15, 0.2) is 17.5 Å². The molecular formula is C18H29IN4O3S. The Labute approximate surface area is 182 Å². The van der Waals surface area contributed by atoms with Crippen molar-refractivity contribution >= 4 is 47.6 Å². The number of thioether (sulfide) groups is 1. The lowest BCUT2D eigenvalue weighted by atomic mass is 10.2. The van der Waals surface area contributed by atoms with Gasteiger partial charge in [0.25, 0.3) is 0 Å². The van der Waals surface area contributed by atoms with E-state index in [1.165, 1.54) is 0 Å². The first-order valence-electron chi connectivity index (χ1n) is 8.70. The molecule has 1 aromatic rings. The Kier molecular flexibility index (Phi) is 11.3. The van der Waals surface area contributed by atoms with E-state index in [2.05, 4.69) is 21.9 Å². The summed E-state index contributed by atoms with van der Waals surface area (Å²) in [6.07, 6.45) is 2.92. The zero-order chi connectivity index (χ0) is 18.8. The van der Waals surface area contributed by atoms with Crippen molar-refractivity contribution in [3.05, 3.63) is 23.8 Å². The molecule has 0 spiro atoms. The highest BCUT2D eigenvalue weighted by Gasteiger charge is 2.14. The van der Waals surface area contributed by atoms with E-state index < -0.39 is 0 Å². The maximum Gasteiger partial charge on any atom is 0.241 e. The SMILES string of the molecule is CSCCNC(=NCc1cccc2c1OCCCO2)NCC(=O)N(C)C.I. The maximum atomic E-state index is 11.8. The Hall–Kier alpha value is -1.36. The fourth-order valence-corrected chi connectivity index (χ4v) is 2.61. The number of aliphatic imine (C=N–C) groups is 1. The number of nitrogens with zero attached hydrogens (tertiary/aromatic N) is 2. The van der Waals surface area contributed by atoms with Crippen molar-refractivity contribution in [1.82, 2.24) is 15.5 Å². The first kappa shape index (κ1) is 23.7. The van der Waals surface area contributed by atoms with Gasteiger partial charge >= 0.3 is 0 Å². The summed E-state index contributed by atoms with van der Waals surface area (Å²) in [6.45, 7) is 2.72. The van der Waals surface area contributed by atoms with Gasteiger partial charge in [-0.15, -0.1) is 24.0 Å². The van der Waals surface area contributed by atoms with Crippen molar-refractivity contribution in [2.24, 2.45) is 4.99 Å². The highest BCUT2D eigenvalue weighted by atomic mass is 127. The van der Waals surface area contributed by atoms with Gasteiger partial charge in [-0.25, -0.2) is 4.99 Å². The largest absolute Gasteiger partial charge is 0.490 e. The molecule has 27 heavy (non-hydrogen) atoms. The minimum Gasteiger partial charge on any atom is -0.490 e. The van der Waals surface area contributed by atoms with Gasteiger partial charge in [-0.2, -0.15) is 11.8 Å². The van der Waals surface area contributed by atoms with Crippen LogP contribution in [0.2, 0.25) is 0 Å². The number of hydrogen-bond acceptors (Lipinski definition) is 5. The van der Waals surface area contributed by atoms with E-state index >= 15 is 0 Å². The molecule has 0 unspecified atom stereocenters. The molecule has 0 saturated heterocycles. The van der Waals surface area contributed by atoms with Crippen molar-refractivity contribution in [2.75, 3.05) is 52.4 Å².